The Morgan fingerprint density at radius 1 is 0.903 bits per heavy atom. The summed E-state index contributed by atoms with van der Waals surface area (Å²) in [6.45, 7) is 3.92. The first-order valence-corrected chi connectivity index (χ1v) is 10.4. The Morgan fingerprint density at radius 3 is 2.10 bits per heavy atom. The molecule has 2 aromatic rings. The van der Waals surface area contributed by atoms with E-state index < -0.39 is 5.97 Å². The number of nitrogens with one attached hydrogen (secondary N) is 1. The normalized spacial score (nSPS) is 12.8. The van der Waals surface area contributed by atoms with Crippen LogP contribution in [-0.4, -0.2) is 41.2 Å². The number of carbonyl (C=O) groups is 4. The van der Waals surface area contributed by atoms with Crippen LogP contribution >= 0.6 is 0 Å². The number of ether oxygens (including phenoxy) is 1. The molecule has 3 rings (SSSR count). The lowest BCUT2D eigenvalue weighted by Gasteiger charge is -2.13. The zero-order valence-corrected chi connectivity index (χ0v) is 17.7. The number of benzene rings is 2. The number of carbonyl (C=O) groups excluding carboxylic acids is 4. The molecular weight excluding hydrogens is 396 g/mol. The van der Waals surface area contributed by atoms with Gasteiger partial charge in [-0.3, -0.25) is 19.3 Å². The van der Waals surface area contributed by atoms with Crippen molar-refractivity contribution in [2.75, 3.05) is 11.9 Å². The topological polar surface area (TPSA) is 92.8 Å². The number of rotatable bonds is 9. The predicted molar refractivity (Wildman–Crippen MR) is 116 cm³/mol. The van der Waals surface area contributed by atoms with E-state index in [9.17, 15) is 19.2 Å². The Kier molecular flexibility index (Phi) is 7.18. The van der Waals surface area contributed by atoms with Gasteiger partial charge in [0.05, 0.1) is 22.8 Å². The van der Waals surface area contributed by atoms with E-state index in [4.69, 9.17) is 4.74 Å². The van der Waals surface area contributed by atoms with Gasteiger partial charge in [-0.25, -0.2) is 4.79 Å². The van der Waals surface area contributed by atoms with Crippen LogP contribution in [0, 0.1) is 0 Å². The smallest absolute Gasteiger partial charge is 0.338 e. The summed E-state index contributed by atoms with van der Waals surface area (Å²) in [7, 11) is 0. The molecule has 0 bridgehead atoms. The molecule has 0 aromatic heterocycles. The molecular formula is C24H26N2O5. The number of amides is 3. The Bertz CT molecular complexity index is 947. The van der Waals surface area contributed by atoms with Crippen molar-refractivity contribution in [1.29, 1.82) is 0 Å². The maximum Gasteiger partial charge on any atom is 0.338 e. The van der Waals surface area contributed by atoms with Crippen molar-refractivity contribution < 1.29 is 23.9 Å². The van der Waals surface area contributed by atoms with Crippen molar-refractivity contribution in [2.24, 2.45) is 0 Å². The molecule has 2 aromatic carbocycles. The molecule has 0 saturated heterocycles. The largest absolute Gasteiger partial charge is 0.459 e. The fourth-order valence-electron chi connectivity index (χ4n) is 3.37. The highest BCUT2D eigenvalue weighted by atomic mass is 16.5. The van der Waals surface area contributed by atoms with E-state index >= 15 is 0 Å². The molecule has 0 spiro atoms. The molecule has 0 aliphatic carbocycles. The molecule has 0 atom stereocenters. The molecule has 3 amide bonds. The second kappa shape index (κ2) is 10.0. The SMILES string of the molecule is CC(C)OC(=O)c1ccc(NC(=O)CCCCCN2C(=O)c3ccccc3C2=O)cc1. The fraction of sp³-hybridized carbons (Fsp3) is 0.333. The first kappa shape index (κ1) is 22.2. The van der Waals surface area contributed by atoms with E-state index in [0.29, 0.717) is 48.2 Å². The number of hydrogen-bond acceptors (Lipinski definition) is 5. The van der Waals surface area contributed by atoms with E-state index in [2.05, 4.69) is 5.32 Å². The fourth-order valence-corrected chi connectivity index (χ4v) is 3.37. The molecule has 31 heavy (non-hydrogen) atoms. The summed E-state index contributed by atoms with van der Waals surface area (Å²) in [5.74, 6) is -1.03. The lowest BCUT2D eigenvalue weighted by atomic mass is 10.1. The van der Waals surface area contributed by atoms with Crippen molar-refractivity contribution in [2.45, 2.75) is 45.6 Å². The number of anilines is 1. The van der Waals surface area contributed by atoms with Gasteiger partial charge in [0.25, 0.3) is 11.8 Å². The first-order chi connectivity index (χ1) is 14.9. The van der Waals surface area contributed by atoms with Gasteiger partial charge in [0.2, 0.25) is 5.91 Å². The van der Waals surface area contributed by atoms with Gasteiger partial charge < -0.3 is 10.1 Å². The lowest BCUT2D eigenvalue weighted by molar-refractivity contribution is -0.116. The average Bonchev–Trinajstić information content (AvgIpc) is 2.98. The summed E-state index contributed by atoms with van der Waals surface area (Å²) in [6, 6.07) is 13.4. The van der Waals surface area contributed by atoms with Crippen LogP contribution in [0.5, 0.6) is 0 Å². The van der Waals surface area contributed by atoms with Crippen LogP contribution < -0.4 is 5.32 Å². The van der Waals surface area contributed by atoms with E-state index in [0.717, 1.165) is 6.42 Å². The molecule has 1 aliphatic rings. The highest BCUT2D eigenvalue weighted by Gasteiger charge is 2.34. The van der Waals surface area contributed by atoms with Crippen molar-refractivity contribution in [1.82, 2.24) is 4.90 Å². The Hall–Kier alpha value is -3.48. The summed E-state index contributed by atoms with van der Waals surface area (Å²) < 4.78 is 5.13. The van der Waals surface area contributed by atoms with Gasteiger partial charge in [-0.2, -0.15) is 0 Å². The summed E-state index contributed by atoms with van der Waals surface area (Å²) in [5.41, 5.74) is 1.95. The number of unbranched alkanes of at least 4 members (excludes halogenated alkanes) is 2. The molecule has 0 fully saturated rings. The van der Waals surface area contributed by atoms with Crippen LogP contribution in [-0.2, 0) is 9.53 Å². The quantitative estimate of drug-likeness (QED) is 0.374. The lowest BCUT2D eigenvalue weighted by Crippen LogP contribution is -2.30. The van der Waals surface area contributed by atoms with Crippen LogP contribution in [0.25, 0.3) is 0 Å². The molecule has 1 N–H and O–H groups in total. The van der Waals surface area contributed by atoms with Gasteiger partial charge in [0, 0.05) is 18.7 Å². The third-order valence-electron chi connectivity index (χ3n) is 4.91. The highest BCUT2D eigenvalue weighted by molar-refractivity contribution is 6.21. The van der Waals surface area contributed by atoms with Gasteiger partial charge in [-0.05, 0) is 63.1 Å². The minimum atomic E-state index is -0.397. The zero-order valence-electron chi connectivity index (χ0n) is 17.7. The van der Waals surface area contributed by atoms with Crippen molar-refractivity contribution in [3.8, 4) is 0 Å². The summed E-state index contributed by atoms with van der Waals surface area (Å²) in [4.78, 5) is 49.9. The molecule has 162 valence electrons. The van der Waals surface area contributed by atoms with Crippen LogP contribution in [0.4, 0.5) is 5.69 Å². The molecule has 0 saturated carbocycles. The van der Waals surface area contributed by atoms with Crippen LogP contribution in [0.3, 0.4) is 0 Å². The maximum atomic E-state index is 12.3. The number of hydrogen-bond donors (Lipinski definition) is 1. The first-order valence-electron chi connectivity index (χ1n) is 10.4. The van der Waals surface area contributed by atoms with Gasteiger partial charge in [-0.15, -0.1) is 0 Å². The van der Waals surface area contributed by atoms with Gasteiger partial charge in [-0.1, -0.05) is 18.6 Å². The number of fused-ring (bicyclic) bond motifs is 1. The molecule has 1 heterocycles. The summed E-state index contributed by atoms with van der Waals surface area (Å²) in [6.07, 6.45) is 2.16. The summed E-state index contributed by atoms with van der Waals surface area (Å²) >= 11 is 0. The van der Waals surface area contributed by atoms with Gasteiger partial charge >= 0.3 is 5.97 Å². The van der Waals surface area contributed by atoms with E-state index in [-0.39, 0.29) is 23.8 Å². The third kappa shape index (κ3) is 5.57. The minimum Gasteiger partial charge on any atom is -0.459 e. The van der Waals surface area contributed by atoms with E-state index in [1.165, 1.54) is 4.90 Å². The van der Waals surface area contributed by atoms with Crippen LogP contribution in [0.15, 0.2) is 48.5 Å². The Labute approximate surface area is 181 Å². The second-order valence-corrected chi connectivity index (χ2v) is 7.70. The monoisotopic (exact) mass is 422 g/mol. The van der Waals surface area contributed by atoms with Crippen LogP contribution in [0.1, 0.15) is 70.6 Å². The molecule has 0 radical (unpaired) electrons. The van der Waals surface area contributed by atoms with E-state index in [1.807, 2.05) is 0 Å². The second-order valence-electron chi connectivity index (χ2n) is 7.70. The molecule has 7 heteroatoms. The Morgan fingerprint density at radius 2 is 1.52 bits per heavy atom. The zero-order chi connectivity index (χ0) is 22.4. The number of imide groups is 1. The molecule has 0 unspecified atom stereocenters. The van der Waals surface area contributed by atoms with Crippen LogP contribution in [0.2, 0.25) is 0 Å². The third-order valence-corrected chi connectivity index (χ3v) is 4.91. The van der Waals surface area contributed by atoms with Crippen molar-refractivity contribution in [3.05, 3.63) is 65.2 Å². The molecule has 1 aliphatic heterocycles. The van der Waals surface area contributed by atoms with Gasteiger partial charge in [0.15, 0.2) is 0 Å². The Balaban J connectivity index is 1.37. The number of esters is 1. The van der Waals surface area contributed by atoms with Crippen molar-refractivity contribution >= 4 is 29.4 Å². The van der Waals surface area contributed by atoms with Gasteiger partial charge in [0.1, 0.15) is 0 Å². The van der Waals surface area contributed by atoms with E-state index in [1.54, 1.807) is 62.4 Å². The average molecular weight is 422 g/mol. The summed E-state index contributed by atoms with van der Waals surface area (Å²) in [5, 5.41) is 2.80. The molecule has 7 nitrogen and oxygen atoms in total. The maximum absolute atomic E-state index is 12.3. The van der Waals surface area contributed by atoms with Crippen molar-refractivity contribution in [3.63, 3.8) is 0 Å². The highest BCUT2D eigenvalue weighted by Crippen LogP contribution is 2.23. The minimum absolute atomic E-state index is 0.127. The standard InChI is InChI=1S/C24H26N2O5/c1-16(2)31-24(30)17-11-13-18(14-12-17)25-21(27)10-4-3-7-15-26-22(28)19-8-5-6-9-20(19)23(26)29/h5-6,8-9,11-14,16H,3-4,7,10,15H2,1-2H3,(H,25,27). The number of nitrogens with zero attached hydrogens (tertiary/aromatic N) is 1. The predicted octanol–water partition coefficient (Wildman–Crippen LogP) is 4.05.